The number of hydrogen-bond donors (Lipinski definition) is 0. The van der Waals surface area contributed by atoms with Crippen molar-refractivity contribution >= 4 is 51.8 Å². The van der Waals surface area contributed by atoms with Gasteiger partial charge in [0.1, 0.15) is 22.4 Å². The second kappa shape index (κ2) is 7.93. The van der Waals surface area contributed by atoms with E-state index in [0.29, 0.717) is 17.0 Å². The first-order valence-corrected chi connectivity index (χ1v) is 10.2. The van der Waals surface area contributed by atoms with Crippen LogP contribution in [0.1, 0.15) is 30.2 Å². The minimum atomic E-state index is -0.559. The SMILES string of the molecule is CCN1C(=O)C(C#N)=C(C)/C(=C/c2cc3sc(/C=C/c4ccccc4)nc3o2)C1=O. The lowest BCUT2D eigenvalue weighted by molar-refractivity contribution is -0.140. The number of benzene rings is 1. The number of thiazole rings is 1. The molecule has 0 saturated carbocycles. The van der Waals surface area contributed by atoms with Gasteiger partial charge < -0.3 is 4.42 Å². The number of hydrogen-bond acceptors (Lipinski definition) is 6. The van der Waals surface area contributed by atoms with Crippen LogP contribution in [0.4, 0.5) is 0 Å². The average molecular weight is 415 g/mol. The van der Waals surface area contributed by atoms with Crippen molar-refractivity contribution < 1.29 is 14.0 Å². The molecule has 1 aliphatic rings. The summed E-state index contributed by atoms with van der Waals surface area (Å²) in [4.78, 5) is 30.5. The van der Waals surface area contributed by atoms with Crippen molar-refractivity contribution in [1.82, 2.24) is 9.88 Å². The Morgan fingerprint density at radius 3 is 2.63 bits per heavy atom. The normalized spacial score (nSPS) is 16.3. The van der Waals surface area contributed by atoms with Crippen LogP contribution in [0.3, 0.4) is 0 Å². The minimum Gasteiger partial charge on any atom is -0.437 e. The van der Waals surface area contributed by atoms with E-state index in [4.69, 9.17) is 4.42 Å². The minimum absolute atomic E-state index is 0.0254. The molecule has 6 nitrogen and oxygen atoms in total. The van der Waals surface area contributed by atoms with Crippen molar-refractivity contribution in [2.45, 2.75) is 13.8 Å². The Kier molecular flexibility index (Phi) is 5.17. The summed E-state index contributed by atoms with van der Waals surface area (Å²) in [5.74, 6) is -0.539. The van der Waals surface area contributed by atoms with E-state index in [0.717, 1.165) is 20.2 Å². The zero-order valence-corrected chi connectivity index (χ0v) is 17.2. The molecule has 2 aromatic heterocycles. The summed E-state index contributed by atoms with van der Waals surface area (Å²) >= 11 is 1.48. The first-order chi connectivity index (χ1) is 14.5. The zero-order valence-electron chi connectivity index (χ0n) is 16.4. The highest BCUT2D eigenvalue weighted by Gasteiger charge is 2.34. The maximum Gasteiger partial charge on any atom is 0.271 e. The molecule has 3 heterocycles. The summed E-state index contributed by atoms with van der Waals surface area (Å²) in [5.41, 5.74) is 2.17. The van der Waals surface area contributed by atoms with E-state index in [2.05, 4.69) is 4.98 Å². The molecule has 7 heteroatoms. The van der Waals surface area contributed by atoms with Crippen LogP contribution in [0.2, 0.25) is 0 Å². The largest absolute Gasteiger partial charge is 0.437 e. The molecule has 0 bridgehead atoms. The number of likely N-dealkylation sites (N-methyl/N-ethyl adjacent to an activating group) is 1. The Balaban J connectivity index is 1.66. The fourth-order valence-electron chi connectivity index (χ4n) is 3.20. The van der Waals surface area contributed by atoms with E-state index >= 15 is 0 Å². The van der Waals surface area contributed by atoms with Gasteiger partial charge in [-0.3, -0.25) is 14.5 Å². The Morgan fingerprint density at radius 1 is 1.20 bits per heavy atom. The number of nitriles is 1. The van der Waals surface area contributed by atoms with Gasteiger partial charge in [0.25, 0.3) is 11.8 Å². The highest BCUT2D eigenvalue weighted by Crippen LogP contribution is 2.31. The van der Waals surface area contributed by atoms with Gasteiger partial charge in [0.15, 0.2) is 0 Å². The predicted molar refractivity (Wildman–Crippen MR) is 116 cm³/mol. The molecule has 0 unspecified atom stereocenters. The second-order valence-corrected chi connectivity index (χ2v) is 7.70. The molecule has 0 N–H and O–H groups in total. The molecular formula is C23H17N3O3S. The fraction of sp³-hybridized carbons (Fsp3) is 0.130. The molecule has 0 radical (unpaired) electrons. The van der Waals surface area contributed by atoms with Gasteiger partial charge in [-0.05, 0) is 37.1 Å². The lowest BCUT2D eigenvalue weighted by Crippen LogP contribution is -2.42. The maximum absolute atomic E-state index is 12.7. The molecule has 0 saturated heterocycles. The second-order valence-electron chi connectivity index (χ2n) is 6.64. The summed E-state index contributed by atoms with van der Waals surface area (Å²) in [7, 11) is 0. The van der Waals surface area contributed by atoms with E-state index in [9.17, 15) is 14.9 Å². The van der Waals surface area contributed by atoms with Gasteiger partial charge >= 0.3 is 0 Å². The number of carbonyl (C=O) groups is 2. The Bertz CT molecular complexity index is 1250. The van der Waals surface area contributed by atoms with Crippen molar-refractivity contribution in [3.63, 3.8) is 0 Å². The van der Waals surface area contributed by atoms with Gasteiger partial charge in [-0.2, -0.15) is 5.26 Å². The fourth-order valence-corrected chi connectivity index (χ4v) is 4.04. The first kappa shape index (κ1) is 19.6. The highest BCUT2D eigenvalue weighted by atomic mass is 32.1. The van der Waals surface area contributed by atoms with Crippen LogP contribution in [-0.2, 0) is 9.59 Å². The molecule has 0 aliphatic carbocycles. The Hall–Kier alpha value is -3.76. The molecule has 30 heavy (non-hydrogen) atoms. The van der Waals surface area contributed by atoms with Gasteiger partial charge in [-0.15, -0.1) is 11.3 Å². The van der Waals surface area contributed by atoms with E-state index in [1.807, 2.05) is 48.6 Å². The van der Waals surface area contributed by atoms with Crippen LogP contribution in [0, 0.1) is 11.3 Å². The van der Waals surface area contributed by atoms with E-state index in [-0.39, 0.29) is 17.7 Å². The quantitative estimate of drug-likeness (QED) is 0.456. The van der Waals surface area contributed by atoms with Crippen LogP contribution in [0.15, 0.2) is 57.5 Å². The van der Waals surface area contributed by atoms with Crippen LogP contribution in [0.25, 0.3) is 28.6 Å². The summed E-state index contributed by atoms with van der Waals surface area (Å²) in [6, 6.07) is 13.6. The van der Waals surface area contributed by atoms with E-state index in [1.165, 1.54) is 11.3 Å². The summed E-state index contributed by atoms with van der Waals surface area (Å²) in [5, 5.41) is 10.1. The van der Waals surface area contributed by atoms with E-state index < -0.39 is 11.8 Å². The lowest BCUT2D eigenvalue weighted by Gasteiger charge is -2.25. The lowest BCUT2D eigenvalue weighted by atomic mass is 9.95. The number of aromatic nitrogens is 1. The van der Waals surface area contributed by atoms with Crippen molar-refractivity contribution in [2.75, 3.05) is 6.54 Å². The van der Waals surface area contributed by atoms with E-state index in [1.54, 1.807) is 26.0 Å². The smallest absolute Gasteiger partial charge is 0.271 e. The molecule has 3 aromatic rings. The maximum atomic E-state index is 12.7. The van der Waals surface area contributed by atoms with Gasteiger partial charge in [0.2, 0.25) is 5.71 Å². The first-order valence-electron chi connectivity index (χ1n) is 9.34. The number of furan rings is 1. The Labute approximate surface area is 177 Å². The standard InChI is InChI=1S/C23H17N3O3S/c1-3-26-22(27)17(14(2)18(13-24)23(26)28)11-16-12-19-21(29-16)25-20(30-19)10-9-15-7-5-4-6-8-15/h4-12H,3H2,1-2H3/b10-9+,17-11-. The number of imide groups is 1. The zero-order chi connectivity index (χ0) is 21.3. The summed E-state index contributed by atoms with van der Waals surface area (Å²) < 4.78 is 6.64. The Morgan fingerprint density at radius 2 is 1.97 bits per heavy atom. The van der Waals surface area contributed by atoms with Gasteiger partial charge in [-0.25, -0.2) is 4.98 Å². The predicted octanol–water partition coefficient (Wildman–Crippen LogP) is 4.67. The van der Waals surface area contributed by atoms with Gasteiger partial charge in [-0.1, -0.05) is 36.4 Å². The number of nitrogens with zero attached hydrogens (tertiary/aromatic N) is 3. The highest BCUT2D eigenvalue weighted by molar-refractivity contribution is 7.19. The van der Waals surface area contributed by atoms with Crippen LogP contribution < -0.4 is 0 Å². The third-order valence-corrected chi connectivity index (χ3v) is 5.72. The molecule has 4 rings (SSSR count). The van der Waals surface area contributed by atoms with Crippen molar-refractivity contribution in [2.24, 2.45) is 0 Å². The van der Waals surface area contributed by atoms with Crippen LogP contribution in [0.5, 0.6) is 0 Å². The molecule has 0 fully saturated rings. The third-order valence-electron chi connectivity index (χ3n) is 4.77. The third kappa shape index (κ3) is 3.49. The monoisotopic (exact) mass is 415 g/mol. The molecule has 0 spiro atoms. The number of fused-ring (bicyclic) bond motifs is 1. The topological polar surface area (TPSA) is 87.2 Å². The number of carbonyl (C=O) groups excluding carboxylic acids is 2. The van der Waals surface area contributed by atoms with Crippen molar-refractivity contribution in [3.8, 4) is 6.07 Å². The molecule has 148 valence electrons. The summed E-state index contributed by atoms with van der Waals surface area (Å²) in [6.07, 6.45) is 5.47. The molecule has 1 aromatic carbocycles. The van der Waals surface area contributed by atoms with Crippen LogP contribution in [-0.4, -0.2) is 28.2 Å². The summed E-state index contributed by atoms with van der Waals surface area (Å²) in [6.45, 7) is 3.49. The number of amides is 2. The van der Waals surface area contributed by atoms with Gasteiger partial charge in [0.05, 0.1) is 4.70 Å². The van der Waals surface area contributed by atoms with Gasteiger partial charge in [0, 0.05) is 18.2 Å². The van der Waals surface area contributed by atoms with Crippen molar-refractivity contribution in [3.05, 3.63) is 69.4 Å². The number of rotatable bonds is 4. The van der Waals surface area contributed by atoms with Crippen molar-refractivity contribution in [1.29, 1.82) is 5.26 Å². The molecule has 2 amide bonds. The molecular weight excluding hydrogens is 398 g/mol. The van der Waals surface area contributed by atoms with Crippen LogP contribution >= 0.6 is 11.3 Å². The molecule has 1 aliphatic heterocycles. The molecule has 0 atom stereocenters. The average Bonchev–Trinajstić information content (AvgIpc) is 3.29.